The number of oxazole rings is 2. The van der Waals surface area contributed by atoms with E-state index in [4.69, 9.17) is 33.8 Å². The molecule has 4 aromatic carbocycles. The molecular weight excluding hydrogens is 709 g/mol. The second kappa shape index (κ2) is 17.3. The zero-order valence-corrected chi connectivity index (χ0v) is 34.9. The first-order valence-corrected chi connectivity index (χ1v) is 20.3. The van der Waals surface area contributed by atoms with Gasteiger partial charge in [0.05, 0.1) is 0 Å². The normalized spacial score (nSPS) is 12.5. The molecule has 7 rings (SSSR count). The quantitative estimate of drug-likeness (QED) is 0.0867. The molecule has 0 bridgehead atoms. The minimum absolute atomic E-state index is 0. The van der Waals surface area contributed by atoms with Crippen LogP contribution >= 0.6 is 0 Å². The van der Waals surface area contributed by atoms with Crippen molar-refractivity contribution in [2.45, 2.75) is 111 Å². The van der Waals surface area contributed by atoms with E-state index in [0.717, 1.165) is 82.6 Å². The van der Waals surface area contributed by atoms with Crippen LogP contribution in [0.5, 0.6) is 0 Å². The Morgan fingerprint density at radius 2 is 1.04 bits per heavy atom. The fraction of sp³-hybridized carbons (Fsp3) is 0.383. The molecule has 3 heterocycles. The highest BCUT2D eigenvalue weighted by atomic mass is 16.4. The Balaban J connectivity index is 0.00000549. The number of hydrogen-bond donors (Lipinski definition) is 3. The Morgan fingerprint density at radius 3 is 1.44 bits per heavy atom. The van der Waals surface area contributed by atoms with Crippen molar-refractivity contribution >= 4 is 45.5 Å². The highest BCUT2D eigenvalue weighted by molar-refractivity contribution is 5.79. The molecule has 3 aromatic heterocycles. The number of unbranched alkanes of at least 4 members (excludes halogenated alkanes) is 1. The zero-order chi connectivity index (χ0) is 39.5. The number of anilines is 4. The van der Waals surface area contributed by atoms with E-state index in [-0.39, 0.29) is 17.0 Å². The van der Waals surface area contributed by atoms with Crippen molar-refractivity contribution in [1.82, 2.24) is 31.1 Å². The number of fused-ring (bicyclic) bond motifs is 2. The highest BCUT2D eigenvalue weighted by Gasteiger charge is 2.21. The van der Waals surface area contributed by atoms with Gasteiger partial charge in [-0.05, 0) is 114 Å². The van der Waals surface area contributed by atoms with E-state index < -0.39 is 0 Å². The summed E-state index contributed by atoms with van der Waals surface area (Å²) in [7, 11) is 0. The van der Waals surface area contributed by atoms with Crippen LogP contribution in [0.25, 0.3) is 45.1 Å². The summed E-state index contributed by atoms with van der Waals surface area (Å²) in [6, 6.07) is 28.7. The summed E-state index contributed by atoms with van der Waals surface area (Å²) in [5, 5.41) is 6.85. The van der Waals surface area contributed by atoms with E-state index in [0.29, 0.717) is 29.6 Å². The Hall–Kier alpha value is -5.61. The second-order valence-corrected chi connectivity index (χ2v) is 16.3. The number of hydrogen-bond acceptors (Lipinski definition) is 10. The van der Waals surface area contributed by atoms with Gasteiger partial charge in [-0.25, -0.2) is 9.97 Å². The van der Waals surface area contributed by atoms with Gasteiger partial charge in [0.1, 0.15) is 16.9 Å². The van der Waals surface area contributed by atoms with Crippen molar-refractivity contribution in [3.05, 3.63) is 102 Å². The fourth-order valence-corrected chi connectivity index (χ4v) is 6.83. The average molecular weight is 767 g/mol. The summed E-state index contributed by atoms with van der Waals surface area (Å²) in [5.74, 6) is 3.41. The summed E-state index contributed by atoms with van der Waals surface area (Å²) in [5.41, 5.74) is 9.48. The van der Waals surface area contributed by atoms with Gasteiger partial charge in [0.15, 0.2) is 11.2 Å². The second-order valence-electron chi connectivity index (χ2n) is 16.3. The minimum Gasteiger partial charge on any atom is -0.436 e. The van der Waals surface area contributed by atoms with Gasteiger partial charge in [0.2, 0.25) is 23.7 Å². The van der Waals surface area contributed by atoms with Gasteiger partial charge in [-0.2, -0.15) is 15.0 Å². The highest BCUT2D eigenvalue weighted by Crippen LogP contribution is 2.34. The summed E-state index contributed by atoms with van der Waals surface area (Å²) in [4.78, 5) is 24.2. The van der Waals surface area contributed by atoms with Gasteiger partial charge in [0, 0.05) is 28.9 Å². The summed E-state index contributed by atoms with van der Waals surface area (Å²) >= 11 is 0. The fourth-order valence-electron chi connectivity index (χ4n) is 6.83. The van der Waals surface area contributed by atoms with E-state index in [9.17, 15) is 0 Å². The lowest BCUT2D eigenvalue weighted by Gasteiger charge is -2.22. The molecule has 1 atom stereocenters. The molecule has 0 aliphatic heterocycles. The van der Waals surface area contributed by atoms with Crippen molar-refractivity contribution in [2.24, 2.45) is 5.92 Å². The predicted octanol–water partition coefficient (Wildman–Crippen LogP) is 13.3. The molecule has 298 valence electrons. The van der Waals surface area contributed by atoms with Gasteiger partial charge in [-0.15, -0.1) is 0 Å². The van der Waals surface area contributed by atoms with Crippen LogP contribution in [-0.2, 0) is 17.3 Å². The molecule has 1 unspecified atom stereocenters. The van der Waals surface area contributed by atoms with Crippen molar-refractivity contribution < 1.29 is 8.83 Å². The van der Waals surface area contributed by atoms with Crippen LogP contribution in [0.4, 0.5) is 23.3 Å². The topological polar surface area (TPSA) is 150 Å². The van der Waals surface area contributed by atoms with Crippen LogP contribution in [0.15, 0.2) is 93.8 Å². The molecule has 10 nitrogen and oxygen atoms in total. The number of rotatable bonds is 16. The Labute approximate surface area is 337 Å². The lowest BCUT2D eigenvalue weighted by Crippen LogP contribution is -2.14. The van der Waals surface area contributed by atoms with Gasteiger partial charge in [-0.1, -0.05) is 93.2 Å². The van der Waals surface area contributed by atoms with Gasteiger partial charge < -0.3 is 25.6 Å². The third-order valence-electron chi connectivity index (χ3n) is 11.6. The molecule has 0 aliphatic rings. The first kappa shape index (κ1) is 41.0. The number of nitrogens with one attached hydrogen (secondary N) is 2. The SMILES string of the molecule is CCCCC(CC)Cc1nc(Nc2ccc(-c3nc4cc(C(C)(C)CC)ccc4o3)cc2)nc(Nc2ccc(-c3nc4cc(C(C)(C)CC)ccc4o3)cc2)n1.N. The van der Waals surface area contributed by atoms with Crippen molar-refractivity contribution in [2.75, 3.05) is 10.6 Å². The lowest BCUT2D eigenvalue weighted by atomic mass is 9.82. The maximum absolute atomic E-state index is 6.16. The predicted molar refractivity (Wildman–Crippen MR) is 234 cm³/mol. The van der Waals surface area contributed by atoms with Crippen molar-refractivity contribution in [1.29, 1.82) is 0 Å². The molecule has 0 saturated carbocycles. The summed E-state index contributed by atoms with van der Waals surface area (Å²) < 4.78 is 12.3. The zero-order valence-electron chi connectivity index (χ0n) is 34.9. The standard InChI is InChI=1S/C47H55N7O2.H3N/c1-9-13-14-30(10-2)27-41-52-44(48-35-21-15-31(16-22-35)42-50-37-28-33(46(5,6)11-3)19-25-39(37)55-42)54-45(53-41)49-36-23-17-32(18-24-36)43-51-38-29-34(47(7,8)12-4)20-26-40(38)56-43;/h15-26,28-30H,9-14,27H2,1-8H3,(H2,48,49,52,53,54);1H3. The van der Waals surface area contributed by atoms with Crippen LogP contribution in [0.3, 0.4) is 0 Å². The van der Waals surface area contributed by atoms with E-state index in [2.05, 4.69) is 90.3 Å². The number of benzene rings is 4. The van der Waals surface area contributed by atoms with Crippen molar-refractivity contribution in [3.63, 3.8) is 0 Å². The van der Waals surface area contributed by atoms with E-state index >= 15 is 0 Å². The molecule has 0 fully saturated rings. The van der Waals surface area contributed by atoms with E-state index in [1.54, 1.807) is 0 Å². The maximum Gasteiger partial charge on any atom is 0.232 e. The molecule has 7 aromatic rings. The molecule has 5 N–H and O–H groups in total. The average Bonchev–Trinajstić information content (AvgIpc) is 3.84. The van der Waals surface area contributed by atoms with Gasteiger partial charge in [-0.3, -0.25) is 0 Å². The molecular formula is C47H58N8O2. The monoisotopic (exact) mass is 766 g/mol. The molecule has 0 spiro atoms. The summed E-state index contributed by atoms with van der Waals surface area (Å²) in [6.45, 7) is 17.9. The van der Waals surface area contributed by atoms with Gasteiger partial charge in [0.25, 0.3) is 0 Å². The number of aromatic nitrogens is 5. The van der Waals surface area contributed by atoms with E-state index in [1.165, 1.54) is 24.0 Å². The Morgan fingerprint density at radius 1 is 0.579 bits per heavy atom. The lowest BCUT2D eigenvalue weighted by molar-refractivity contribution is 0.440. The van der Waals surface area contributed by atoms with Crippen LogP contribution < -0.4 is 16.8 Å². The van der Waals surface area contributed by atoms with Crippen LogP contribution in [0.2, 0.25) is 0 Å². The molecule has 0 radical (unpaired) electrons. The Kier molecular flexibility index (Phi) is 12.4. The number of nitrogens with zero attached hydrogens (tertiary/aromatic N) is 5. The largest absolute Gasteiger partial charge is 0.436 e. The summed E-state index contributed by atoms with van der Waals surface area (Å²) in [6.07, 6.45) is 7.45. The molecule has 0 amide bonds. The first-order valence-electron chi connectivity index (χ1n) is 20.3. The Bertz CT molecular complexity index is 2250. The van der Waals surface area contributed by atoms with Crippen LogP contribution in [0, 0.1) is 5.92 Å². The van der Waals surface area contributed by atoms with Crippen LogP contribution in [-0.4, -0.2) is 24.9 Å². The third kappa shape index (κ3) is 9.34. The van der Waals surface area contributed by atoms with Crippen LogP contribution in [0.1, 0.15) is 111 Å². The first-order chi connectivity index (χ1) is 27.0. The molecule has 0 aliphatic carbocycles. The van der Waals surface area contributed by atoms with Crippen molar-refractivity contribution in [3.8, 4) is 22.9 Å². The minimum atomic E-state index is 0. The maximum atomic E-state index is 6.16. The van der Waals surface area contributed by atoms with Gasteiger partial charge >= 0.3 is 0 Å². The van der Waals surface area contributed by atoms with E-state index in [1.807, 2.05) is 60.7 Å². The molecule has 57 heavy (non-hydrogen) atoms. The molecule has 0 saturated heterocycles. The third-order valence-corrected chi connectivity index (χ3v) is 11.6. The smallest absolute Gasteiger partial charge is 0.232 e. The molecule has 10 heteroatoms.